The first-order valence-electron chi connectivity index (χ1n) is 9.47. The van der Waals surface area contributed by atoms with Crippen molar-refractivity contribution >= 4 is 5.71 Å². The number of oxime groups is 1. The molecule has 0 bridgehead atoms. The lowest BCUT2D eigenvalue weighted by atomic mass is 9.45. The molecule has 4 aliphatic carbocycles. The van der Waals surface area contributed by atoms with E-state index in [1.165, 1.54) is 19.3 Å². The third-order valence-electron chi connectivity index (χ3n) is 8.57. The SMILES string of the molecule is C[C@]12CC[C@H](O)C[C@@H]1CC[C@@H]1[C@@H]2CC[C@]2(C)[C@@H](O)C(=NO)C[C@@H]12. The van der Waals surface area contributed by atoms with E-state index >= 15 is 0 Å². The second-order valence-electron chi connectivity index (χ2n) is 9.33. The van der Waals surface area contributed by atoms with Crippen molar-refractivity contribution in [3.8, 4) is 0 Å². The quantitative estimate of drug-likeness (QED) is 0.474. The van der Waals surface area contributed by atoms with Crippen molar-refractivity contribution in [2.45, 2.75) is 77.4 Å². The topological polar surface area (TPSA) is 73.0 Å². The molecular formula is C19H31NO3. The second-order valence-corrected chi connectivity index (χ2v) is 9.33. The molecule has 0 radical (unpaired) electrons. The predicted molar refractivity (Wildman–Crippen MR) is 88.3 cm³/mol. The number of fused-ring (bicyclic) bond motifs is 5. The lowest BCUT2D eigenvalue weighted by Crippen LogP contribution is -2.54. The van der Waals surface area contributed by atoms with Gasteiger partial charge in [-0.05, 0) is 80.5 Å². The molecule has 4 aliphatic rings. The first kappa shape index (κ1) is 15.9. The van der Waals surface area contributed by atoms with Gasteiger partial charge in [0.1, 0.15) is 6.10 Å². The lowest BCUT2D eigenvalue weighted by molar-refractivity contribution is -0.132. The van der Waals surface area contributed by atoms with E-state index in [9.17, 15) is 15.4 Å². The van der Waals surface area contributed by atoms with Gasteiger partial charge in [0.05, 0.1) is 11.8 Å². The standard InChI is InChI=1S/C19H31NO3/c1-18-7-5-12(21)9-11(18)3-4-13-14(18)6-8-19(2)15(13)10-16(20-23)17(19)22/h11-15,17,21-23H,3-10H2,1-2H3/t11-,12-,13+,14-,15-,17-,18-,19-/m0/s1. The third-order valence-corrected chi connectivity index (χ3v) is 8.57. The monoisotopic (exact) mass is 321 g/mol. The van der Waals surface area contributed by atoms with E-state index in [4.69, 9.17) is 0 Å². The maximum Gasteiger partial charge on any atom is 0.101 e. The van der Waals surface area contributed by atoms with Crippen LogP contribution >= 0.6 is 0 Å². The van der Waals surface area contributed by atoms with Gasteiger partial charge in [-0.3, -0.25) is 0 Å². The smallest absolute Gasteiger partial charge is 0.101 e. The molecular weight excluding hydrogens is 290 g/mol. The van der Waals surface area contributed by atoms with Crippen molar-refractivity contribution in [2.75, 3.05) is 0 Å². The largest absolute Gasteiger partial charge is 0.411 e. The van der Waals surface area contributed by atoms with Crippen LogP contribution in [-0.4, -0.2) is 33.3 Å². The van der Waals surface area contributed by atoms with Crippen LogP contribution in [0.2, 0.25) is 0 Å². The number of nitrogens with zero attached hydrogens (tertiary/aromatic N) is 1. The van der Waals surface area contributed by atoms with E-state index < -0.39 is 6.10 Å². The highest BCUT2D eigenvalue weighted by Gasteiger charge is 2.61. The second kappa shape index (κ2) is 5.19. The minimum atomic E-state index is -0.572. The van der Waals surface area contributed by atoms with Gasteiger partial charge in [0.2, 0.25) is 0 Å². The Morgan fingerprint density at radius 2 is 1.70 bits per heavy atom. The van der Waals surface area contributed by atoms with Crippen LogP contribution in [0.1, 0.15) is 65.2 Å². The first-order valence-corrected chi connectivity index (χ1v) is 9.47. The summed E-state index contributed by atoms with van der Waals surface area (Å²) < 4.78 is 0. The Morgan fingerprint density at radius 3 is 2.43 bits per heavy atom. The van der Waals surface area contributed by atoms with Crippen LogP contribution in [0.25, 0.3) is 0 Å². The highest BCUT2D eigenvalue weighted by Crippen LogP contribution is 2.65. The molecule has 4 saturated carbocycles. The molecule has 0 amide bonds. The average molecular weight is 321 g/mol. The van der Waals surface area contributed by atoms with Gasteiger partial charge in [0.15, 0.2) is 0 Å². The summed E-state index contributed by atoms with van der Waals surface area (Å²) in [5.74, 6) is 2.46. The Balaban J connectivity index is 1.64. The molecule has 0 aliphatic heterocycles. The van der Waals surface area contributed by atoms with E-state index in [-0.39, 0.29) is 11.5 Å². The van der Waals surface area contributed by atoms with Crippen LogP contribution in [0.15, 0.2) is 5.16 Å². The molecule has 3 N–H and O–H groups in total. The fourth-order valence-electron chi connectivity index (χ4n) is 7.12. The van der Waals surface area contributed by atoms with Crippen LogP contribution < -0.4 is 0 Å². The van der Waals surface area contributed by atoms with Crippen molar-refractivity contribution in [1.29, 1.82) is 0 Å². The average Bonchev–Trinajstić information content (AvgIpc) is 2.79. The fraction of sp³-hybridized carbons (Fsp3) is 0.947. The van der Waals surface area contributed by atoms with Gasteiger partial charge in [-0.25, -0.2) is 0 Å². The molecule has 0 heterocycles. The molecule has 23 heavy (non-hydrogen) atoms. The van der Waals surface area contributed by atoms with Crippen molar-refractivity contribution in [2.24, 2.45) is 39.7 Å². The summed E-state index contributed by atoms with van der Waals surface area (Å²) in [6, 6.07) is 0. The normalized spacial score (nSPS) is 57.7. The molecule has 0 saturated heterocycles. The molecule has 0 unspecified atom stereocenters. The summed E-state index contributed by atoms with van der Waals surface area (Å²) in [4.78, 5) is 0. The van der Waals surface area contributed by atoms with Gasteiger partial charge in [-0.1, -0.05) is 19.0 Å². The molecule has 0 aromatic rings. The molecule has 0 aromatic heterocycles. The van der Waals surface area contributed by atoms with E-state index in [1.807, 2.05) is 0 Å². The molecule has 0 spiro atoms. The van der Waals surface area contributed by atoms with E-state index in [0.29, 0.717) is 34.8 Å². The van der Waals surface area contributed by atoms with E-state index in [1.54, 1.807) is 0 Å². The van der Waals surface area contributed by atoms with Crippen LogP contribution in [0.3, 0.4) is 0 Å². The Hall–Kier alpha value is -0.610. The van der Waals surface area contributed by atoms with Crippen molar-refractivity contribution in [3.05, 3.63) is 0 Å². The van der Waals surface area contributed by atoms with Crippen molar-refractivity contribution < 1.29 is 15.4 Å². The molecule has 0 aromatic carbocycles. The molecule has 4 heteroatoms. The van der Waals surface area contributed by atoms with Gasteiger partial charge in [-0.2, -0.15) is 0 Å². The molecule has 8 atom stereocenters. The van der Waals surface area contributed by atoms with Gasteiger partial charge >= 0.3 is 0 Å². The van der Waals surface area contributed by atoms with Crippen LogP contribution in [0.5, 0.6) is 0 Å². The van der Waals surface area contributed by atoms with Crippen molar-refractivity contribution in [1.82, 2.24) is 0 Å². The number of aliphatic hydroxyl groups excluding tert-OH is 2. The molecule has 4 nitrogen and oxygen atoms in total. The zero-order valence-corrected chi connectivity index (χ0v) is 14.4. The van der Waals surface area contributed by atoms with Crippen LogP contribution in [0, 0.1) is 34.5 Å². The summed E-state index contributed by atoms with van der Waals surface area (Å²) in [6.45, 7) is 4.67. The summed E-state index contributed by atoms with van der Waals surface area (Å²) >= 11 is 0. The Kier molecular flexibility index (Phi) is 3.59. The van der Waals surface area contributed by atoms with Gasteiger partial charge in [0, 0.05) is 5.41 Å². The highest BCUT2D eigenvalue weighted by atomic mass is 16.4. The van der Waals surface area contributed by atoms with Gasteiger partial charge in [0.25, 0.3) is 0 Å². The van der Waals surface area contributed by atoms with Gasteiger partial charge < -0.3 is 15.4 Å². The Labute approximate surface area is 139 Å². The minimum Gasteiger partial charge on any atom is -0.411 e. The summed E-state index contributed by atoms with van der Waals surface area (Å²) in [6.07, 6.45) is 7.80. The maximum absolute atomic E-state index is 10.6. The van der Waals surface area contributed by atoms with Gasteiger partial charge in [-0.15, -0.1) is 0 Å². The molecule has 4 rings (SSSR count). The molecule has 130 valence electrons. The minimum absolute atomic E-state index is 0.0973. The maximum atomic E-state index is 10.6. The lowest BCUT2D eigenvalue weighted by Gasteiger charge is -2.60. The van der Waals surface area contributed by atoms with Crippen LogP contribution in [0.4, 0.5) is 0 Å². The van der Waals surface area contributed by atoms with E-state index in [2.05, 4.69) is 19.0 Å². The first-order chi connectivity index (χ1) is 10.9. The summed E-state index contributed by atoms with van der Waals surface area (Å²) in [5, 5.41) is 33.4. The Morgan fingerprint density at radius 1 is 0.957 bits per heavy atom. The molecule has 4 fully saturated rings. The number of rotatable bonds is 0. The number of hydrogen-bond acceptors (Lipinski definition) is 4. The zero-order valence-electron chi connectivity index (χ0n) is 14.4. The highest BCUT2D eigenvalue weighted by molar-refractivity contribution is 5.91. The van der Waals surface area contributed by atoms with E-state index in [0.717, 1.165) is 32.1 Å². The fourth-order valence-corrected chi connectivity index (χ4v) is 7.12. The predicted octanol–water partition coefficient (Wildman–Crippen LogP) is 3.19. The zero-order chi connectivity index (χ0) is 16.4. The number of aliphatic hydroxyl groups is 2. The van der Waals surface area contributed by atoms with Crippen LogP contribution in [-0.2, 0) is 0 Å². The summed E-state index contributed by atoms with van der Waals surface area (Å²) in [7, 11) is 0. The number of hydrogen-bond donors (Lipinski definition) is 3. The third kappa shape index (κ3) is 2.07. The van der Waals surface area contributed by atoms with Crippen molar-refractivity contribution in [3.63, 3.8) is 0 Å². The Bertz CT molecular complexity index is 521. The summed E-state index contributed by atoms with van der Waals surface area (Å²) in [5.41, 5.74) is 0.845.